The fourth-order valence-electron chi connectivity index (χ4n) is 11.5. The Labute approximate surface area is 353 Å². The molecule has 0 bridgehead atoms. The van der Waals surface area contributed by atoms with Crippen LogP contribution in [0.2, 0.25) is 0 Å². The fraction of sp³-hybridized carbons (Fsp3) is 0.310. The van der Waals surface area contributed by atoms with Crippen LogP contribution in [-0.4, -0.2) is 8.97 Å². The number of rotatable bonds is 0. The maximum absolute atomic E-state index is 2.71. The molecule has 0 N–H and O–H groups in total. The molecule has 0 radical (unpaired) electrons. The largest absolute Gasteiger partial charge is 0.311 e. The molecular formula is C58H56N2. The minimum atomic E-state index is -0.0256. The van der Waals surface area contributed by atoms with Gasteiger partial charge >= 0.3 is 0 Å². The highest BCUT2D eigenvalue weighted by Gasteiger charge is 2.41. The molecule has 4 heterocycles. The monoisotopic (exact) mass is 780 g/mol. The predicted molar refractivity (Wildman–Crippen MR) is 260 cm³/mol. The SMILES string of the molecule is CC(C)(C)C1=Cc2c3n(c4c5ccccc5c5c(c6ccccc6c6c5c5cc(C(C)(C)C)cc7c8cc(C(C)(C)C)ccc8n6c75)c24)-c2ccc(C(C)(C)C)cc2C3C1. The van der Waals surface area contributed by atoms with E-state index in [1.165, 1.54) is 126 Å². The second kappa shape index (κ2) is 11.2. The van der Waals surface area contributed by atoms with E-state index in [-0.39, 0.29) is 21.7 Å². The topological polar surface area (TPSA) is 9.34 Å². The van der Waals surface area contributed by atoms with Crippen LogP contribution in [-0.2, 0) is 16.2 Å². The number of fused-ring (bicyclic) bond motifs is 21. The lowest BCUT2D eigenvalue weighted by Gasteiger charge is -2.30. The molecule has 0 amide bonds. The molecular weight excluding hydrogens is 725 g/mol. The molecule has 12 rings (SSSR count). The first-order chi connectivity index (χ1) is 28.3. The van der Waals surface area contributed by atoms with Crippen molar-refractivity contribution in [2.45, 2.75) is 112 Å². The van der Waals surface area contributed by atoms with Crippen molar-refractivity contribution in [1.82, 2.24) is 8.97 Å². The summed E-state index contributed by atoms with van der Waals surface area (Å²) in [5, 5.41) is 15.0. The Hall–Kier alpha value is -5.60. The van der Waals surface area contributed by atoms with Crippen LogP contribution >= 0.6 is 0 Å². The summed E-state index contributed by atoms with van der Waals surface area (Å²) in [6, 6.07) is 38.5. The van der Waals surface area contributed by atoms with E-state index in [9.17, 15) is 0 Å². The maximum atomic E-state index is 2.71. The molecule has 0 spiro atoms. The first-order valence-corrected chi connectivity index (χ1v) is 22.3. The van der Waals surface area contributed by atoms with Crippen molar-refractivity contribution in [2.75, 3.05) is 0 Å². The Morgan fingerprint density at radius 2 is 1.00 bits per heavy atom. The summed E-state index contributed by atoms with van der Waals surface area (Å²) in [5.74, 6) is 0.312. The molecule has 10 aromatic rings. The van der Waals surface area contributed by atoms with Gasteiger partial charge in [-0.3, -0.25) is 0 Å². The summed E-state index contributed by atoms with van der Waals surface area (Å²) in [7, 11) is 0. The smallest absolute Gasteiger partial charge is 0.0626 e. The summed E-state index contributed by atoms with van der Waals surface area (Å²) in [4.78, 5) is 0. The van der Waals surface area contributed by atoms with E-state index in [4.69, 9.17) is 0 Å². The number of hydrogen-bond donors (Lipinski definition) is 0. The fourth-order valence-corrected chi connectivity index (χ4v) is 11.5. The Bertz CT molecular complexity index is 3590. The van der Waals surface area contributed by atoms with Crippen LogP contribution in [0.25, 0.3) is 93.1 Å². The van der Waals surface area contributed by atoms with Gasteiger partial charge in [-0.05, 0) is 91.4 Å². The van der Waals surface area contributed by atoms with Gasteiger partial charge in [0.2, 0.25) is 0 Å². The molecule has 0 fully saturated rings. The van der Waals surface area contributed by atoms with Gasteiger partial charge in [0.15, 0.2) is 0 Å². The first kappa shape index (κ1) is 36.3. The van der Waals surface area contributed by atoms with Crippen molar-refractivity contribution < 1.29 is 0 Å². The second-order valence-electron chi connectivity index (χ2n) is 22.6. The second-order valence-corrected chi connectivity index (χ2v) is 22.6. The highest BCUT2D eigenvalue weighted by molar-refractivity contribution is 6.44. The van der Waals surface area contributed by atoms with Gasteiger partial charge in [-0.2, -0.15) is 0 Å². The predicted octanol–water partition coefficient (Wildman–Crippen LogP) is 16.4. The number of allylic oxidation sites excluding steroid dienone is 1. The molecule has 1 aliphatic carbocycles. The van der Waals surface area contributed by atoms with E-state index in [0.29, 0.717) is 5.92 Å². The van der Waals surface area contributed by atoms with Crippen molar-refractivity contribution >= 4 is 87.4 Å². The number of aromatic nitrogens is 2. The molecule has 2 heteroatoms. The molecule has 298 valence electrons. The summed E-state index contributed by atoms with van der Waals surface area (Å²) in [6.07, 6.45) is 3.68. The standard InChI is InChI=1S/C58H56N2/c1-55(2,3)31-21-23-45-39(25-31)41-27-33(57(7,8)9)29-43-49-47-36-18-14-16-20-38(36)54-50(48(47)35-17-13-15-19-37(35)53(49)59(45)51(41)43)44-30-34(58(10,11)12)28-42-40-26-32(56(4,5)6)22-24-46(40)60(54)52(42)44/h13-27,29-30,42H,28H2,1-12H3. The van der Waals surface area contributed by atoms with E-state index in [1.807, 2.05) is 0 Å². The van der Waals surface area contributed by atoms with E-state index in [0.717, 1.165) is 6.42 Å². The normalized spacial score (nSPS) is 16.2. The Kier molecular flexibility index (Phi) is 6.77. The molecule has 7 aromatic carbocycles. The highest BCUT2D eigenvalue weighted by atomic mass is 15.0. The van der Waals surface area contributed by atoms with Gasteiger partial charge in [-0.15, -0.1) is 0 Å². The van der Waals surface area contributed by atoms with Gasteiger partial charge in [-0.1, -0.05) is 161 Å². The van der Waals surface area contributed by atoms with Crippen molar-refractivity contribution in [3.63, 3.8) is 0 Å². The van der Waals surface area contributed by atoms with Gasteiger partial charge in [0.1, 0.15) is 0 Å². The molecule has 2 aliphatic rings. The zero-order valence-corrected chi connectivity index (χ0v) is 37.5. The lowest BCUT2D eigenvalue weighted by atomic mass is 9.73. The molecule has 0 saturated carbocycles. The van der Waals surface area contributed by atoms with Crippen molar-refractivity contribution in [3.05, 3.63) is 136 Å². The molecule has 1 unspecified atom stereocenters. The minimum Gasteiger partial charge on any atom is -0.311 e. The van der Waals surface area contributed by atoms with Gasteiger partial charge < -0.3 is 8.97 Å². The summed E-state index contributed by atoms with van der Waals surface area (Å²) < 4.78 is 5.36. The number of hydrogen-bond acceptors (Lipinski definition) is 0. The number of benzene rings is 7. The first-order valence-electron chi connectivity index (χ1n) is 22.3. The summed E-state index contributed by atoms with van der Waals surface area (Å²) >= 11 is 0. The van der Waals surface area contributed by atoms with E-state index < -0.39 is 0 Å². The van der Waals surface area contributed by atoms with E-state index in [1.54, 1.807) is 0 Å². The Morgan fingerprint density at radius 3 is 1.63 bits per heavy atom. The Morgan fingerprint density at radius 1 is 0.450 bits per heavy atom. The van der Waals surface area contributed by atoms with Crippen LogP contribution in [0.1, 0.15) is 129 Å². The van der Waals surface area contributed by atoms with Crippen molar-refractivity contribution in [2.24, 2.45) is 5.41 Å². The minimum absolute atomic E-state index is 0.0256. The molecule has 3 aromatic heterocycles. The van der Waals surface area contributed by atoms with Crippen molar-refractivity contribution in [1.29, 1.82) is 0 Å². The quantitative estimate of drug-likeness (QED) is 0.136. The average Bonchev–Trinajstić information content (AvgIpc) is 3.92. The zero-order valence-electron chi connectivity index (χ0n) is 37.5. The van der Waals surface area contributed by atoms with Gasteiger partial charge in [-0.25, -0.2) is 0 Å². The third kappa shape index (κ3) is 4.55. The van der Waals surface area contributed by atoms with Crippen molar-refractivity contribution in [3.8, 4) is 5.69 Å². The maximum Gasteiger partial charge on any atom is 0.0626 e. The molecule has 1 atom stereocenters. The highest BCUT2D eigenvalue weighted by Crippen LogP contribution is 2.58. The van der Waals surface area contributed by atoms with Crippen LogP contribution in [0.5, 0.6) is 0 Å². The van der Waals surface area contributed by atoms with Crippen LogP contribution < -0.4 is 0 Å². The molecule has 2 nitrogen and oxygen atoms in total. The summed E-state index contributed by atoms with van der Waals surface area (Å²) in [5.41, 5.74) is 16.9. The van der Waals surface area contributed by atoms with E-state index >= 15 is 0 Å². The van der Waals surface area contributed by atoms with Crippen LogP contribution in [0.15, 0.2) is 103 Å². The Balaban J connectivity index is 1.37. The van der Waals surface area contributed by atoms with Crippen LogP contribution in [0.4, 0.5) is 0 Å². The molecule has 1 aliphatic heterocycles. The lowest BCUT2D eigenvalue weighted by molar-refractivity contribution is 0.475. The van der Waals surface area contributed by atoms with Gasteiger partial charge in [0.25, 0.3) is 0 Å². The van der Waals surface area contributed by atoms with Gasteiger partial charge in [0.05, 0.1) is 22.1 Å². The van der Waals surface area contributed by atoms with Crippen LogP contribution in [0.3, 0.4) is 0 Å². The van der Waals surface area contributed by atoms with Gasteiger partial charge in [0, 0.05) is 71.3 Å². The molecule has 60 heavy (non-hydrogen) atoms. The summed E-state index contributed by atoms with van der Waals surface area (Å²) in [6.45, 7) is 28.4. The third-order valence-corrected chi connectivity index (χ3v) is 14.8. The van der Waals surface area contributed by atoms with E-state index in [2.05, 4.69) is 195 Å². The average molecular weight is 781 g/mol. The van der Waals surface area contributed by atoms with Crippen LogP contribution in [0, 0.1) is 5.41 Å². The number of nitrogens with zero attached hydrogens (tertiary/aromatic N) is 2. The lowest BCUT2D eigenvalue weighted by Crippen LogP contribution is -2.17. The third-order valence-electron chi connectivity index (χ3n) is 14.8. The molecule has 0 saturated heterocycles. The zero-order chi connectivity index (χ0) is 41.7.